The lowest BCUT2D eigenvalue weighted by Crippen LogP contribution is -2.68. The van der Waals surface area contributed by atoms with Gasteiger partial charge in [-0.1, -0.05) is 0 Å². The fourth-order valence-corrected chi connectivity index (χ4v) is 2.96. The molecule has 6 heteroatoms. The van der Waals surface area contributed by atoms with Gasteiger partial charge in [0.1, 0.15) is 5.60 Å². The summed E-state index contributed by atoms with van der Waals surface area (Å²) in [6.45, 7) is 9.66. The summed E-state index contributed by atoms with van der Waals surface area (Å²) < 4.78 is 11.0. The monoisotopic (exact) mass is 285 g/mol. The van der Waals surface area contributed by atoms with Gasteiger partial charge >= 0.3 is 6.09 Å². The Morgan fingerprint density at radius 1 is 1.50 bits per heavy atom. The number of ether oxygens (including phenoxy) is 2. The van der Waals surface area contributed by atoms with Crippen molar-refractivity contribution in [1.82, 2.24) is 15.5 Å². The molecule has 2 saturated heterocycles. The van der Waals surface area contributed by atoms with Crippen LogP contribution in [0.25, 0.3) is 0 Å². The molecule has 2 rings (SSSR count). The van der Waals surface area contributed by atoms with Crippen molar-refractivity contribution in [2.75, 3.05) is 39.9 Å². The first-order valence-electron chi connectivity index (χ1n) is 7.32. The lowest BCUT2D eigenvalue weighted by Gasteiger charge is -2.44. The van der Waals surface area contributed by atoms with Gasteiger partial charge in [0.2, 0.25) is 0 Å². The first-order chi connectivity index (χ1) is 9.32. The van der Waals surface area contributed by atoms with E-state index in [1.54, 1.807) is 0 Å². The highest BCUT2D eigenvalue weighted by molar-refractivity contribution is 5.69. The number of rotatable bonds is 2. The van der Waals surface area contributed by atoms with Gasteiger partial charge in [0.05, 0.1) is 12.1 Å². The summed E-state index contributed by atoms with van der Waals surface area (Å²) >= 11 is 0. The highest BCUT2D eigenvalue weighted by Gasteiger charge is 2.46. The summed E-state index contributed by atoms with van der Waals surface area (Å²) in [4.78, 5) is 14.4. The van der Waals surface area contributed by atoms with Crippen molar-refractivity contribution in [3.63, 3.8) is 0 Å². The highest BCUT2D eigenvalue weighted by atomic mass is 16.6. The van der Waals surface area contributed by atoms with Crippen molar-refractivity contribution in [1.29, 1.82) is 0 Å². The third-order valence-electron chi connectivity index (χ3n) is 3.95. The molecule has 0 aromatic rings. The number of carbonyl (C=O) groups is 1. The van der Waals surface area contributed by atoms with Crippen molar-refractivity contribution in [2.45, 2.75) is 44.4 Å². The number of hydrogen-bond acceptors (Lipinski definition) is 5. The van der Waals surface area contributed by atoms with Gasteiger partial charge in [0.25, 0.3) is 0 Å². The van der Waals surface area contributed by atoms with E-state index in [1.807, 2.05) is 20.8 Å². The summed E-state index contributed by atoms with van der Waals surface area (Å²) in [5, 5.41) is 6.48. The molecule has 2 atom stereocenters. The highest BCUT2D eigenvalue weighted by Crippen LogP contribution is 2.27. The van der Waals surface area contributed by atoms with Crippen molar-refractivity contribution < 1.29 is 14.3 Å². The smallest absolute Gasteiger partial charge is 0.408 e. The average Bonchev–Trinajstić information content (AvgIpc) is 2.76. The van der Waals surface area contributed by atoms with Crippen LogP contribution in [0.5, 0.6) is 0 Å². The minimum absolute atomic E-state index is 0.228. The Kier molecular flexibility index (Phi) is 4.56. The first kappa shape index (κ1) is 15.5. The molecule has 1 amide bonds. The molecule has 2 unspecified atom stereocenters. The Morgan fingerprint density at radius 2 is 2.25 bits per heavy atom. The molecule has 0 bridgehead atoms. The van der Waals surface area contributed by atoms with E-state index in [2.05, 4.69) is 22.6 Å². The van der Waals surface area contributed by atoms with Crippen LogP contribution in [0.1, 0.15) is 27.2 Å². The predicted molar refractivity (Wildman–Crippen MR) is 76.8 cm³/mol. The van der Waals surface area contributed by atoms with Crippen LogP contribution in [0.2, 0.25) is 0 Å². The Labute approximate surface area is 121 Å². The normalized spacial score (nSPS) is 32.1. The standard InChI is InChI=1S/C14H27N3O3/c1-13(2,3)20-12(18)16-14(5-8-19-10-14)11-9-15-6-7-17(11)4/h11,15H,5-10H2,1-4H3,(H,16,18). The van der Waals surface area contributed by atoms with E-state index in [4.69, 9.17) is 9.47 Å². The third kappa shape index (κ3) is 3.62. The number of hydrogen-bond donors (Lipinski definition) is 2. The summed E-state index contributed by atoms with van der Waals surface area (Å²) in [6, 6.07) is 0.228. The molecule has 0 aromatic carbocycles. The van der Waals surface area contributed by atoms with Gasteiger partial charge in [-0.2, -0.15) is 0 Å². The van der Waals surface area contributed by atoms with Gasteiger partial charge in [-0.3, -0.25) is 4.90 Å². The molecule has 2 fully saturated rings. The Bertz CT molecular complexity index is 348. The third-order valence-corrected chi connectivity index (χ3v) is 3.95. The number of carbonyl (C=O) groups excluding carboxylic acids is 1. The van der Waals surface area contributed by atoms with Gasteiger partial charge in [-0.05, 0) is 34.2 Å². The van der Waals surface area contributed by atoms with Gasteiger partial charge < -0.3 is 20.1 Å². The molecule has 20 heavy (non-hydrogen) atoms. The van der Waals surface area contributed by atoms with E-state index >= 15 is 0 Å². The van der Waals surface area contributed by atoms with Gasteiger partial charge in [0.15, 0.2) is 0 Å². The second-order valence-electron chi connectivity index (χ2n) is 6.79. The molecule has 0 aromatic heterocycles. The SMILES string of the molecule is CN1CCNCC1C1(NC(=O)OC(C)(C)C)CCOC1. The van der Waals surface area contributed by atoms with E-state index in [9.17, 15) is 4.79 Å². The average molecular weight is 285 g/mol. The van der Waals surface area contributed by atoms with Crippen molar-refractivity contribution in [3.8, 4) is 0 Å². The second-order valence-corrected chi connectivity index (χ2v) is 6.79. The van der Waals surface area contributed by atoms with Crippen LogP contribution in [0, 0.1) is 0 Å². The molecule has 0 aliphatic carbocycles. The fourth-order valence-electron chi connectivity index (χ4n) is 2.96. The molecule has 2 N–H and O–H groups in total. The lowest BCUT2D eigenvalue weighted by atomic mass is 9.87. The van der Waals surface area contributed by atoms with Crippen LogP contribution in [0.15, 0.2) is 0 Å². The molecule has 6 nitrogen and oxygen atoms in total. The van der Waals surface area contributed by atoms with Gasteiger partial charge in [0, 0.05) is 32.3 Å². The zero-order chi connectivity index (χ0) is 14.8. The Morgan fingerprint density at radius 3 is 2.80 bits per heavy atom. The fraction of sp³-hybridized carbons (Fsp3) is 0.929. The second kappa shape index (κ2) is 5.87. The van der Waals surface area contributed by atoms with E-state index < -0.39 is 5.60 Å². The maximum atomic E-state index is 12.1. The zero-order valence-corrected chi connectivity index (χ0v) is 13.0. The zero-order valence-electron chi connectivity index (χ0n) is 13.0. The topological polar surface area (TPSA) is 62.8 Å². The predicted octanol–water partition coefficient (Wildman–Crippen LogP) is 0.574. The van der Waals surface area contributed by atoms with Crippen molar-refractivity contribution in [3.05, 3.63) is 0 Å². The summed E-state index contributed by atoms with van der Waals surface area (Å²) in [5.74, 6) is 0. The van der Waals surface area contributed by atoms with E-state index in [0.29, 0.717) is 13.2 Å². The van der Waals surface area contributed by atoms with Crippen LogP contribution < -0.4 is 10.6 Å². The minimum Gasteiger partial charge on any atom is -0.444 e. The van der Waals surface area contributed by atoms with Gasteiger partial charge in [-0.25, -0.2) is 4.79 Å². The molecule has 0 radical (unpaired) electrons. The van der Waals surface area contributed by atoms with Crippen LogP contribution in [-0.4, -0.2) is 68.1 Å². The number of amides is 1. The molecule has 116 valence electrons. The summed E-state index contributed by atoms with van der Waals surface area (Å²) in [5.41, 5.74) is -0.841. The maximum absolute atomic E-state index is 12.1. The minimum atomic E-state index is -0.485. The van der Waals surface area contributed by atoms with Crippen LogP contribution in [0.3, 0.4) is 0 Å². The number of nitrogens with zero attached hydrogens (tertiary/aromatic N) is 1. The molecule has 2 aliphatic heterocycles. The quantitative estimate of drug-likeness (QED) is 0.777. The number of likely N-dealkylation sites (N-methyl/N-ethyl adjacent to an activating group) is 1. The molecule has 2 heterocycles. The Hall–Kier alpha value is -0.850. The largest absolute Gasteiger partial charge is 0.444 e. The first-order valence-corrected chi connectivity index (χ1v) is 7.32. The molecular formula is C14H27N3O3. The number of nitrogens with one attached hydrogen (secondary N) is 2. The number of alkyl carbamates (subject to hydrolysis) is 1. The van der Waals surface area contributed by atoms with E-state index in [-0.39, 0.29) is 17.7 Å². The summed E-state index contributed by atoms with van der Waals surface area (Å²) in [6.07, 6.45) is 0.463. The van der Waals surface area contributed by atoms with Crippen molar-refractivity contribution in [2.24, 2.45) is 0 Å². The number of piperazine rings is 1. The molecular weight excluding hydrogens is 258 g/mol. The van der Waals surface area contributed by atoms with Crippen LogP contribution in [0.4, 0.5) is 4.79 Å². The molecule has 0 saturated carbocycles. The summed E-state index contributed by atoms with van der Waals surface area (Å²) in [7, 11) is 2.10. The molecule has 2 aliphatic rings. The van der Waals surface area contributed by atoms with Crippen LogP contribution >= 0.6 is 0 Å². The Balaban J connectivity index is 2.07. The van der Waals surface area contributed by atoms with Crippen molar-refractivity contribution >= 4 is 6.09 Å². The molecule has 0 spiro atoms. The van der Waals surface area contributed by atoms with Crippen LogP contribution in [-0.2, 0) is 9.47 Å². The maximum Gasteiger partial charge on any atom is 0.408 e. The van der Waals surface area contributed by atoms with Gasteiger partial charge in [-0.15, -0.1) is 0 Å². The van der Waals surface area contributed by atoms with E-state index in [1.165, 1.54) is 0 Å². The van der Waals surface area contributed by atoms with E-state index in [0.717, 1.165) is 26.1 Å². The lowest BCUT2D eigenvalue weighted by molar-refractivity contribution is 0.0286.